The van der Waals surface area contributed by atoms with Crippen LogP contribution in [0.2, 0.25) is 5.02 Å². The van der Waals surface area contributed by atoms with E-state index < -0.39 is 0 Å². The van der Waals surface area contributed by atoms with Gasteiger partial charge >= 0.3 is 0 Å². The average molecular weight is 262 g/mol. The standard InChI is InChI=1S/C16H20ClN/c1-2-9-18-10-8-14-15(17)7-6-12-4-3-5-13(11-18)16(12)14/h2,6-7,13H,1,3-5,8-11H2/t13-/m0/s1. The van der Waals surface area contributed by atoms with Crippen LogP contribution in [0, 0.1) is 0 Å². The van der Waals surface area contributed by atoms with E-state index in [2.05, 4.69) is 23.6 Å². The molecule has 0 N–H and O–H groups in total. The van der Waals surface area contributed by atoms with E-state index in [1.54, 1.807) is 11.1 Å². The monoisotopic (exact) mass is 261 g/mol. The molecule has 1 nitrogen and oxygen atoms in total. The van der Waals surface area contributed by atoms with Gasteiger partial charge in [0.2, 0.25) is 0 Å². The van der Waals surface area contributed by atoms with Gasteiger partial charge in [-0.1, -0.05) is 23.7 Å². The van der Waals surface area contributed by atoms with Crippen molar-refractivity contribution in [3.8, 4) is 0 Å². The van der Waals surface area contributed by atoms with Crippen molar-refractivity contribution in [3.63, 3.8) is 0 Å². The molecule has 0 bridgehead atoms. The van der Waals surface area contributed by atoms with Crippen molar-refractivity contribution in [2.75, 3.05) is 19.6 Å². The number of halogens is 1. The number of rotatable bonds is 2. The van der Waals surface area contributed by atoms with Crippen LogP contribution < -0.4 is 0 Å². The molecular weight excluding hydrogens is 242 g/mol. The molecule has 1 aliphatic heterocycles. The molecule has 3 rings (SSSR count). The van der Waals surface area contributed by atoms with Gasteiger partial charge in [0.1, 0.15) is 0 Å². The van der Waals surface area contributed by atoms with Crippen LogP contribution in [0.5, 0.6) is 0 Å². The van der Waals surface area contributed by atoms with Crippen LogP contribution in [0.1, 0.15) is 35.4 Å². The fourth-order valence-corrected chi connectivity index (χ4v) is 3.81. The molecule has 0 aromatic heterocycles. The maximum atomic E-state index is 6.42. The molecule has 0 spiro atoms. The Morgan fingerprint density at radius 2 is 2.28 bits per heavy atom. The topological polar surface area (TPSA) is 3.24 Å². The van der Waals surface area contributed by atoms with Gasteiger partial charge in [0.25, 0.3) is 0 Å². The average Bonchev–Trinajstić information content (AvgIpc) is 2.56. The molecule has 0 fully saturated rings. The zero-order chi connectivity index (χ0) is 12.5. The lowest BCUT2D eigenvalue weighted by molar-refractivity contribution is 0.286. The van der Waals surface area contributed by atoms with Crippen LogP contribution >= 0.6 is 11.6 Å². The second kappa shape index (κ2) is 5.07. The highest BCUT2D eigenvalue weighted by molar-refractivity contribution is 6.31. The number of hydrogen-bond donors (Lipinski definition) is 0. The first kappa shape index (κ1) is 12.3. The first-order chi connectivity index (χ1) is 8.79. The Hall–Kier alpha value is -0.790. The molecule has 2 heteroatoms. The van der Waals surface area contributed by atoms with Crippen LogP contribution in [0.4, 0.5) is 0 Å². The van der Waals surface area contributed by atoms with Crippen molar-refractivity contribution in [2.45, 2.75) is 31.6 Å². The Morgan fingerprint density at radius 1 is 1.39 bits per heavy atom. The summed E-state index contributed by atoms with van der Waals surface area (Å²) in [5.41, 5.74) is 4.55. The fourth-order valence-electron chi connectivity index (χ4n) is 3.55. The van der Waals surface area contributed by atoms with E-state index in [4.69, 9.17) is 11.6 Å². The van der Waals surface area contributed by atoms with Gasteiger partial charge in [0.15, 0.2) is 0 Å². The number of benzene rings is 1. The van der Waals surface area contributed by atoms with E-state index in [0.29, 0.717) is 5.92 Å². The van der Waals surface area contributed by atoms with E-state index in [9.17, 15) is 0 Å². The van der Waals surface area contributed by atoms with Crippen molar-refractivity contribution in [1.29, 1.82) is 0 Å². The van der Waals surface area contributed by atoms with Crippen molar-refractivity contribution in [3.05, 3.63) is 46.5 Å². The molecule has 1 aliphatic carbocycles. The molecule has 1 atom stereocenters. The fraction of sp³-hybridized carbons (Fsp3) is 0.500. The van der Waals surface area contributed by atoms with Gasteiger partial charge in [-0.25, -0.2) is 0 Å². The zero-order valence-corrected chi connectivity index (χ0v) is 11.5. The summed E-state index contributed by atoms with van der Waals surface area (Å²) in [6.45, 7) is 7.15. The predicted octanol–water partition coefficient (Wildman–Crippen LogP) is 3.80. The van der Waals surface area contributed by atoms with E-state index in [1.165, 1.54) is 31.4 Å². The van der Waals surface area contributed by atoms with Crippen molar-refractivity contribution < 1.29 is 0 Å². The lowest BCUT2D eigenvalue weighted by atomic mass is 9.80. The van der Waals surface area contributed by atoms with Gasteiger partial charge in [-0.2, -0.15) is 0 Å². The van der Waals surface area contributed by atoms with E-state index >= 15 is 0 Å². The summed E-state index contributed by atoms with van der Waals surface area (Å²) in [6.07, 6.45) is 6.97. The van der Waals surface area contributed by atoms with Crippen LogP contribution in [0.25, 0.3) is 0 Å². The second-order valence-electron chi connectivity index (χ2n) is 5.49. The Labute approximate surface area is 114 Å². The molecule has 2 aliphatic rings. The van der Waals surface area contributed by atoms with Gasteiger partial charge in [-0.15, -0.1) is 6.58 Å². The van der Waals surface area contributed by atoms with Gasteiger partial charge in [-0.3, -0.25) is 4.90 Å². The Kier molecular flexibility index (Phi) is 3.45. The smallest absolute Gasteiger partial charge is 0.0441 e. The summed E-state index contributed by atoms with van der Waals surface area (Å²) < 4.78 is 0. The van der Waals surface area contributed by atoms with Crippen molar-refractivity contribution >= 4 is 11.6 Å². The highest BCUT2D eigenvalue weighted by Crippen LogP contribution is 2.39. The molecule has 0 saturated carbocycles. The molecule has 1 heterocycles. The summed E-state index contributed by atoms with van der Waals surface area (Å²) in [5, 5.41) is 0.973. The zero-order valence-electron chi connectivity index (χ0n) is 10.8. The molecule has 18 heavy (non-hydrogen) atoms. The summed E-state index contributed by atoms with van der Waals surface area (Å²) in [5.74, 6) is 0.685. The lowest BCUT2D eigenvalue weighted by Crippen LogP contribution is -2.29. The third kappa shape index (κ3) is 2.10. The minimum absolute atomic E-state index is 0.685. The van der Waals surface area contributed by atoms with Crippen LogP contribution in [-0.2, 0) is 12.8 Å². The molecule has 0 amide bonds. The predicted molar refractivity (Wildman–Crippen MR) is 77.5 cm³/mol. The Balaban J connectivity index is 2.01. The molecule has 0 saturated heterocycles. The van der Waals surface area contributed by atoms with Crippen molar-refractivity contribution in [2.24, 2.45) is 0 Å². The van der Waals surface area contributed by atoms with E-state index in [0.717, 1.165) is 24.5 Å². The normalized spacial score (nSPS) is 23.3. The maximum Gasteiger partial charge on any atom is 0.0441 e. The van der Waals surface area contributed by atoms with Crippen LogP contribution in [0.3, 0.4) is 0 Å². The first-order valence-electron chi connectivity index (χ1n) is 6.93. The minimum Gasteiger partial charge on any atom is -0.299 e. The summed E-state index contributed by atoms with van der Waals surface area (Å²) in [7, 11) is 0. The molecule has 96 valence electrons. The number of nitrogens with zero attached hydrogens (tertiary/aromatic N) is 1. The van der Waals surface area contributed by atoms with Gasteiger partial charge < -0.3 is 0 Å². The summed E-state index contributed by atoms with van der Waals surface area (Å²) in [4.78, 5) is 2.52. The number of hydrogen-bond acceptors (Lipinski definition) is 1. The molecule has 1 aromatic carbocycles. The highest BCUT2D eigenvalue weighted by atomic mass is 35.5. The van der Waals surface area contributed by atoms with E-state index in [1.807, 2.05) is 6.08 Å². The minimum atomic E-state index is 0.685. The molecule has 0 unspecified atom stereocenters. The quantitative estimate of drug-likeness (QED) is 0.732. The SMILES string of the molecule is C=CCN1CCc2c(Cl)ccc3c2[C@@H](CCC3)C1. The molecule has 1 aromatic rings. The van der Waals surface area contributed by atoms with E-state index in [-0.39, 0.29) is 0 Å². The summed E-state index contributed by atoms with van der Waals surface area (Å²) in [6, 6.07) is 4.34. The van der Waals surface area contributed by atoms with Gasteiger partial charge in [0, 0.05) is 24.7 Å². The second-order valence-corrected chi connectivity index (χ2v) is 5.89. The molecule has 0 radical (unpaired) electrons. The third-order valence-corrected chi connectivity index (χ3v) is 4.70. The third-order valence-electron chi connectivity index (χ3n) is 4.34. The Morgan fingerprint density at radius 3 is 3.11 bits per heavy atom. The van der Waals surface area contributed by atoms with Gasteiger partial charge in [0.05, 0.1) is 0 Å². The Bertz CT molecular complexity index is 466. The first-order valence-corrected chi connectivity index (χ1v) is 7.31. The summed E-state index contributed by atoms with van der Waals surface area (Å²) >= 11 is 6.42. The largest absolute Gasteiger partial charge is 0.299 e. The van der Waals surface area contributed by atoms with Crippen LogP contribution in [0.15, 0.2) is 24.8 Å². The highest BCUT2D eigenvalue weighted by Gasteiger charge is 2.28. The lowest BCUT2D eigenvalue weighted by Gasteiger charge is -2.29. The number of aryl methyl sites for hydroxylation is 1. The maximum absolute atomic E-state index is 6.42. The van der Waals surface area contributed by atoms with Crippen molar-refractivity contribution in [1.82, 2.24) is 4.90 Å². The van der Waals surface area contributed by atoms with Gasteiger partial charge in [-0.05, 0) is 54.4 Å². The molecular formula is C16H20ClN. The van der Waals surface area contributed by atoms with Crippen LogP contribution in [-0.4, -0.2) is 24.5 Å².